The molecular weight excluding hydrogens is 467 g/mol. The standard InChI is InChI=1S/C31H25FN2O3/c32-26-11-5-4-10-25(26)21-34-27-12-6-7-13-28(27)37-29(31(34)36)20-23-14-16-24(17-15-23)30(35)33-19-18-22-8-2-1-3-9-22/h1-17,20H,18-19,21H2,(H,33,35)/b29-20-. The fourth-order valence-corrected chi connectivity index (χ4v) is 4.17. The molecule has 1 heterocycles. The lowest BCUT2D eigenvalue weighted by Gasteiger charge is -2.30. The number of ether oxygens (including phenoxy) is 1. The molecule has 0 unspecified atom stereocenters. The number of benzene rings is 4. The van der Waals surface area contributed by atoms with Gasteiger partial charge < -0.3 is 10.1 Å². The highest BCUT2D eigenvalue weighted by Gasteiger charge is 2.30. The predicted molar refractivity (Wildman–Crippen MR) is 142 cm³/mol. The van der Waals surface area contributed by atoms with Crippen LogP contribution in [0, 0.1) is 5.82 Å². The zero-order valence-electron chi connectivity index (χ0n) is 20.1. The van der Waals surface area contributed by atoms with Crippen LogP contribution in [0.4, 0.5) is 10.1 Å². The second-order valence-electron chi connectivity index (χ2n) is 8.67. The molecule has 0 radical (unpaired) electrons. The van der Waals surface area contributed by atoms with Gasteiger partial charge in [0.2, 0.25) is 0 Å². The minimum Gasteiger partial charge on any atom is -0.449 e. The zero-order valence-corrected chi connectivity index (χ0v) is 20.1. The van der Waals surface area contributed by atoms with Crippen LogP contribution in [0.1, 0.15) is 27.0 Å². The van der Waals surface area contributed by atoms with Gasteiger partial charge >= 0.3 is 0 Å². The lowest BCUT2D eigenvalue weighted by molar-refractivity contribution is -0.117. The second kappa shape index (κ2) is 10.9. The predicted octanol–water partition coefficient (Wildman–Crippen LogP) is 5.76. The fourth-order valence-electron chi connectivity index (χ4n) is 4.17. The van der Waals surface area contributed by atoms with Gasteiger partial charge in [0, 0.05) is 17.7 Å². The summed E-state index contributed by atoms with van der Waals surface area (Å²) in [5, 5.41) is 2.93. The first-order valence-corrected chi connectivity index (χ1v) is 12.0. The molecule has 37 heavy (non-hydrogen) atoms. The number of nitrogens with one attached hydrogen (secondary N) is 1. The summed E-state index contributed by atoms with van der Waals surface area (Å²) in [5.74, 6) is -0.272. The van der Waals surface area contributed by atoms with Gasteiger partial charge in [-0.15, -0.1) is 0 Å². The molecule has 0 atom stereocenters. The van der Waals surface area contributed by atoms with E-state index in [1.807, 2.05) is 42.5 Å². The molecule has 1 N–H and O–H groups in total. The van der Waals surface area contributed by atoms with Gasteiger partial charge in [-0.3, -0.25) is 14.5 Å². The summed E-state index contributed by atoms with van der Waals surface area (Å²) in [7, 11) is 0. The lowest BCUT2D eigenvalue weighted by Crippen LogP contribution is -2.37. The Morgan fingerprint density at radius 2 is 1.57 bits per heavy atom. The number of hydrogen-bond acceptors (Lipinski definition) is 3. The van der Waals surface area contributed by atoms with Crippen molar-refractivity contribution in [3.05, 3.63) is 137 Å². The number of fused-ring (bicyclic) bond motifs is 1. The van der Waals surface area contributed by atoms with Crippen LogP contribution in [0.15, 0.2) is 109 Å². The van der Waals surface area contributed by atoms with E-state index in [2.05, 4.69) is 5.32 Å². The Hall–Kier alpha value is -4.71. The summed E-state index contributed by atoms with van der Waals surface area (Å²) in [6.07, 6.45) is 2.38. The first kappa shape index (κ1) is 24.0. The summed E-state index contributed by atoms with van der Waals surface area (Å²) in [4.78, 5) is 27.4. The van der Waals surface area contributed by atoms with Crippen LogP contribution in [-0.4, -0.2) is 18.4 Å². The second-order valence-corrected chi connectivity index (χ2v) is 8.67. The minimum atomic E-state index is -0.373. The maximum atomic E-state index is 14.3. The van der Waals surface area contributed by atoms with Crippen molar-refractivity contribution >= 4 is 23.6 Å². The van der Waals surface area contributed by atoms with Crippen LogP contribution >= 0.6 is 0 Å². The summed E-state index contributed by atoms with van der Waals surface area (Å²) in [6, 6.07) is 30.5. The molecule has 184 valence electrons. The van der Waals surface area contributed by atoms with Crippen molar-refractivity contribution in [2.45, 2.75) is 13.0 Å². The molecule has 1 aliphatic heterocycles. The molecule has 1 aliphatic rings. The number of halogens is 1. The van der Waals surface area contributed by atoms with E-state index in [1.165, 1.54) is 11.0 Å². The highest BCUT2D eigenvalue weighted by molar-refractivity contribution is 6.09. The number of rotatable bonds is 7. The monoisotopic (exact) mass is 492 g/mol. The van der Waals surface area contributed by atoms with Crippen molar-refractivity contribution in [3.63, 3.8) is 0 Å². The molecule has 5 rings (SSSR count). The molecule has 0 fully saturated rings. The topological polar surface area (TPSA) is 58.6 Å². The van der Waals surface area contributed by atoms with Crippen molar-refractivity contribution < 1.29 is 18.7 Å². The van der Waals surface area contributed by atoms with Gasteiger partial charge in [0.1, 0.15) is 5.82 Å². The molecule has 4 aromatic rings. The Labute approximate surface area is 214 Å². The average molecular weight is 493 g/mol. The van der Waals surface area contributed by atoms with Crippen LogP contribution < -0.4 is 15.0 Å². The van der Waals surface area contributed by atoms with Crippen LogP contribution in [0.3, 0.4) is 0 Å². The summed E-state index contributed by atoms with van der Waals surface area (Å²) >= 11 is 0. The Kier molecular flexibility index (Phi) is 7.08. The van der Waals surface area contributed by atoms with E-state index in [4.69, 9.17) is 4.74 Å². The normalized spacial score (nSPS) is 13.7. The first-order valence-electron chi connectivity index (χ1n) is 12.0. The average Bonchev–Trinajstić information content (AvgIpc) is 2.93. The van der Waals surface area contributed by atoms with E-state index < -0.39 is 0 Å². The van der Waals surface area contributed by atoms with E-state index >= 15 is 0 Å². The fraction of sp³-hybridized carbons (Fsp3) is 0.0968. The molecule has 0 bridgehead atoms. The van der Waals surface area contributed by atoms with Gasteiger partial charge in [-0.25, -0.2) is 4.39 Å². The third-order valence-corrected chi connectivity index (χ3v) is 6.13. The highest BCUT2D eigenvalue weighted by Crippen LogP contribution is 2.36. The molecule has 4 aromatic carbocycles. The van der Waals surface area contributed by atoms with Gasteiger partial charge in [0.15, 0.2) is 11.5 Å². The number of anilines is 1. The number of nitrogens with zero attached hydrogens (tertiary/aromatic N) is 1. The third-order valence-electron chi connectivity index (χ3n) is 6.13. The lowest BCUT2D eigenvalue weighted by atomic mass is 10.1. The van der Waals surface area contributed by atoms with E-state index in [-0.39, 0.29) is 29.9 Å². The van der Waals surface area contributed by atoms with E-state index in [1.54, 1.807) is 60.7 Å². The Morgan fingerprint density at radius 1 is 0.865 bits per heavy atom. The number of para-hydroxylation sites is 2. The largest absolute Gasteiger partial charge is 0.449 e. The molecule has 0 saturated carbocycles. The van der Waals surface area contributed by atoms with E-state index in [0.717, 1.165) is 12.0 Å². The SMILES string of the molecule is O=C(NCCc1ccccc1)c1ccc(/C=C2\Oc3ccccc3N(Cc3ccccc3F)C2=O)cc1. The number of carbonyl (C=O) groups excluding carboxylic acids is 2. The molecule has 5 nitrogen and oxygen atoms in total. The van der Waals surface area contributed by atoms with E-state index in [9.17, 15) is 14.0 Å². The van der Waals surface area contributed by atoms with Gasteiger partial charge in [-0.2, -0.15) is 0 Å². The first-order chi connectivity index (χ1) is 18.1. The number of hydrogen-bond donors (Lipinski definition) is 1. The maximum Gasteiger partial charge on any atom is 0.294 e. The molecule has 0 saturated heterocycles. The van der Waals surface area contributed by atoms with Crippen molar-refractivity contribution in [2.24, 2.45) is 0 Å². The molecule has 2 amide bonds. The maximum absolute atomic E-state index is 14.3. The number of amides is 2. The Bertz CT molecular complexity index is 1450. The Balaban J connectivity index is 1.31. The van der Waals surface area contributed by atoms with Crippen LogP contribution in [0.2, 0.25) is 0 Å². The summed E-state index contributed by atoms with van der Waals surface area (Å²) in [5.41, 5.74) is 3.38. The third kappa shape index (κ3) is 5.59. The van der Waals surface area contributed by atoms with Crippen LogP contribution in [0.5, 0.6) is 5.75 Å². The molecule has 6 heteroatoms. The van der Waals surface area contributed by atoms with Crippen molar-refractivity contribution in [1.29, 1.82) is 0 Å². The number of carbonyl (C=O) groups is 2. The molecule has 0 aromatic heterocycles. The molecule has 0 spiro atoms. The summed E-state index contributed by atoms with van der Waals surface area (Å²) in [6.45, 7) is 0.611. The van der Waals surface area contributed by atoms with Gasteiger partial charge in [0.05, 0.1) is 12.2 Å². The molecular formula is C31H25FN2O3. The quantitative estimate of drug-likeness (QED) is 0.334. The van der Waals surface area contributed by atoms with Gasteiger partial charge in [0.25, 0.3) is 11.8 Å². The summed E-state index contributed by atoms with van der Waals surface area (Å²) < 4.78 is 20.3. The van der Waals surface area contributed by atoms with Crippen molar-refractivity contribution in [2.75, 3.05) is 11.4 Å². The van der Waals surface area contributed by atoms with Gasteiger partial charge in [-0.05, 0) is 54.0 Å². The minimum absolute atomic E-state index is 0.0747. The zero-order chi connectivity index (χ0) is 25.6. The van der Waals surface area contributed by atoms with Crippen molar-refractivity contribution in [1.82, 2.24) is 5.32 Å². The smallest absolute Gasteiger partial charge is 0.294 e. The Morgan fingerprint density at radius 3 is 2.35 bits per heavy atom. The van der Waals surface area contributed by atoms with E-state index in [0.29, 0.717) is 34.7 Å². The van der Waals surface area contributed by atoms with Gasteiger partial charge in [-0.1, -0.05) is 72.8 Å². The van der Waals surface area contributed by atoms with Crippen LogP contribution in [-0.2, 0) is 17.8 Å². The molecule has 0 aliphatic carbocycles. The van der Waals surface area contributed by atoms with Crippen LogP contribution in [0.25, 0.3) is 6.08 Å². The van der Waals surface area contributed by atoms with Crippen molar-refractivity contribution in [3.8, 4) is 5.75 Å². The highest BCUT2D eigenvalue weighted by atomic mass is 19.1.